The van der Waals surface area contributed by atoms with Crippen LogP contribution in [0.3, 0.4) is 0 Å². The third-order valence-corrected chi connectivity index (χ3v) is 4.23. The summed E-state index contributed by atoms with van der Waals surface area (Å²) in [6.07, 6.45) is 3.48. The Labute approximate surface area is 138 Å². The van der Waals surface area contributed by atoms with Gasteiger partial charge in [-0.25, -0.2) is 4.98 Å². The zero-order chi connectivity index (χ0) is 16.1. The molecule has 0 aliphatic carbocycles. The molecule has 6 heteroatoms. The highest BCUT2D eigenvalue weighted by atomic mass is 32.2. The second kappa shape index (κ2) is 6.99. The van der Waals surface area contributed by atoms with E-state index in [1.165, 1.54) is 11.8 Å². The maximum Gasteiger partial charge on any atom is 0.158 e. The van der Waals surface area contributed by atoms with E-state index in [1.54, 1.807) is 16.8 Å². The number of nitrogens with one attached hydrogen (secondary N) is 1. The SMILES string of the molecule is C=CCSc1nc2ccnn2c(NCc2ccccc2)c1C#N. The van der Waals surface area contributed by atoms with Crippen LogP contribution in [-0.2, 0) is 6.54 Å². The number of benzene rings is 1. The summed E-state index contributed by atoms with van der Waals surface area (Å²) >= 11 is 1.49. The zero-order valence-electron chi connectivity index (χ0n) is 12.4. The molecule has 1 aromatic carbocycles. The molecule has 0 spiro atoms. The third kappa shape index (κ3) is 3.20. The molecule has 1 N–H and O–H groups in total. The number of rotatable bonds is 6. The molecule has 0 atom stereocenters. The van der Waals surface area contributed by atoms with Crippen LogP contribution in [0.2, 0.25) is 0 Å². The Balaban J connectivity index is 2.00. The van der Waals surface area contributed by atoms with Gasteiger partial charge in [0, 0.05) is 18.4 Å². The van der Waals surface area contributed by atoms with E-state index in [1.807, 2.05) is 36.4 Å². The summed E-state index contributed by atoms with van der Waals surface area (Å²) in [5.74, 6) is 1.36. The minimum atomic E-state index is 0.504. The van der Waals surface area contributed by atoms with E-state index < -0.39 is 0 Å². The average molecular weight is 321 g/mol. The number of hydrogen-bond donors (Lipinski definition) is 1. The lowest BCUT2D eigenvalue weighted by Crippen LogP contribution is -2.09. The molecule has 3 aromatic rings. The van der Waals surface area contributed by atoms with Gasteiger partial charge in [-0.1, -0.05) is 36.4 Å². The Morgan fingerprint density at radius 1 is 1.30 bits per heavy atom. The molecule has 0 bridgehead atoms. The van der Waals surface area contributed by atoms with E-state index in [4.69, 9.17) is 0 Å². The van der Waals surface area contributed by atoms with E-state index >= 15 is 0 Å². The van der Waals surface area contributed by atoms with Crippen molar-refractivity contribution in [1.82, 2.24) is 14.6 Å². The predicted molar refractivity (Wildman–Crippen MR) is 92.4 cm³/mol. The van der Waals surface area contributed by atoms with Crippen molar-refractivity contribution in [3.8, 4) is 6.07 Å². The Bertz CT molecular complexity index is 864. The number of anilines is 1. The normalized spacial score (nSPS) is 10.4. The third-order valence-electron chi connectivity index (χ3n) is 3.25. The van der Waals surface area contributed by atoms with Crippen molar-refractivity contribution < 1.29 is 0 Å². The number of nitriles is 1. The minimum Gasteiger partial charge on any atom is -0.365 e. The van der Waals surface area contributed by atoms with Crippen LogP contribution < -0.4 is 5.32 Å². The molecule has 23 heavy (non-hydrogen) atoms. The molecule has 0 aliphatic rings. The van der Waals surface area contributed by atoms with Crippen molar-refractivity contribution in [2.75, 3.05) is 11.1 Å². The van der Waals surface area contributed by atoms with Gasteiger partial charge in [0.2, 0.25) is 0 Å². The van der Waals surface area contributed by atoms with Crippen LogP contribution in [-0.4, -0.2) is 20.4 Å². The first-order chi connectivity index (χ1) is 11.3. The highest BCUT2D eigenvalue weighted by Crippen LogP contribution is 2.27. The second-order valence-electron chi connectivity index (χ2n) is 4.79. The fourth-order valence-corrected chi connectivity index (χ4v) is 2.93. The Morgan fingerprint density at radius 3 is 2.87 bits per heavy atom. The predicted octanol–water partition coefficient (Wildman–Crippen LogP) is 3.49. The summed E-state index contributed by atoms with van der Waals surface area (Å²) in [6.45, 7) is 4.33. The first kappa shape index (κ1) is 15.1. The van der Waals surface area contributed by atoms with Gasteiger partial charge in [0.15, 0.2) is 11.5 Å². The van der Waals surface area contributed by atoms with Crippen molar-refractivity contribution >= 4 is 23.2 Å². The van der Waals surface area contributed by atoms with Crippen LogP contribution in [0.25, 0.3) is 5.65 Å². The molecule has 0 unspecified atom stereocenters. The van der Waals surface area contributed by atoms with Gasteiger partial charge in [-0.3, -0.25) is 0 Å². The van der Waals surface area contributed by atoms with E-state index in [9.17, 15) is 5.26 Å². The fraction of sp³-hybridized carbons (Fsp3) is 0.118. The number of nitrogens with zero attached hydrogens (tertiary/aromatic N) is 4. The average Bonchev–Trinajstić information content (AvgIpc) is 3.06. The van der Waals surface area contributed by atoms with Crippen molar-refractivity contribution in [3.05, 3.63) is 66.4 Å². The van der Waals surface area contributed by atoms with Crippen molar-refractivity contribution in [2.24, 2.45) is 0 Å². The maximum absolute atomic E-state index is 9.58. The molecular formula is C17H15N5S. The van der Waals surface area contributed by atoms with Crippen LogP contribution >= 0.6 is 11.8 Å². The quantitative estimate of drug-likeness (QED) is 0.428. The van der Waals surface area contributed by atoms with Crippen LogP contribution in [0, 0.1) is 11.3 Å². The Morgan fingerprint density at radius 2 is 2.13 bits per heavy atom. The zero-order valence-corrected chi connectivity index (χ0v) is 13.3. The summed E-state index contributed by atoms with van der Waals surface area (Å²) in [5.41, 5.74) is 2.35. The molecule has 5 nitrogen and oxygen atoms in total. The second-order valence-corrected chi connectivity index (χ2v) is 5.80. The van der Waals surface area contributed by atoms with Crippen LogP contribution in [0.4, 0.5) is 5.82 Å². The van der Waals surface area contributed by atoms with Gasteiger partial charge >= 0.3 is 0 Å². The highest BCUT2D eigenvalue weighted by molar-refractivity contribution is 7.99. The number of aromatic nitrogens is 3. The molecular weight excluding hydrogens is 306 g/mol. The first-order valence-electron chi connectivity index (χ1n) is 7.13. The van der Waals surface area contributed by atoms with Gasteiger partial charge < -0.3 is 5.32 Å². The largest absolute Gasteiger partial charge is 0.365 e. The Kier molecular flexibility index (Phi) is 4.60. The Hall–Kier alpha value is -2.78. The molecule has 0 fully saturated rings. The molecule has 2 heterocycles. The first-order valence-corrected chi connectivity index (χ1v) is 8.11. The molecule has 0 saturated carbocycles. The number of thioether (sulfide) groups is 1. The van der Waals surface area contributed by atoms with Crippen molar-refractivity contribution in [1.29, 1.82) is 5.26 Å². The molecule has 3 rings (SSSR count). The van der Waals surface area contributed by atoms with E-state index in [-0.39, 0.29) is 0 Å². The highest BCUT2D eigenvalue weighted by Gasteiger charge is 2.15. The lowest BCUT2D eigenvalue weighted by Gasteiger charge is -2.12. The summed E-state index contributed by atoms with van der Waals surface area (Å²) in [4.78, 5) is 4.51. The van der Waals surface area contributed by atoms with Crippen molar-refractivity contribution in [3.63, 3.8) is 0 Å². The number of hydrogen-bond acceptors (Lipinski definition) is 5. The lowest BCUT2D eigenvalue weighted by atomic mass is 10.2. The van der Waals surface area contributed by atoms with Gasteiger partial charge in [0.25, 0.3) is 0 Å². The van der Waals surface area contributed by atoms with Crippen molar-refractivity contribution in [2.45, 2.75) is 11.6 Å². The standard InChI is InChI=1S/C17H15N5S/c1-2-10-23-17-14(11-18)16(22-15(21-17)8-9-20-22)19-12-13-6-4-3-5-7-13/h2-9,19H,1,10,12H2. The van der Waals surface area contributed by atoms with Gasteiger partial charge in [-0.2, -0.15) is 14.9 Å². The van der Waals surface area contributed by atoms with E-state index in [0.29, 0.717) is 34.4 Å². The smallest absolute Gasteiger partial charge is 0.158 e. The minimum absolute atomic E-state index is 0.504. The summed E-state index contributed by atoms with van der Waals surface area (Å²) in [5, 5.41) is 17.9. The van der Waals surface area contributed by atoms with E-state index in [2.05, 4.69) is 28.0 Å². The topological polar surface area (TPSA) is 66.0 Å². The molecule has 114 valence electrons. The number of fused-ring (bicyclic) bond motifs is 1. The summed E-state index contributed by atoms with van der Waals surface area (Å²) in [7, 11) is 0. The molecule has 0 aliphatic heterocycles. The van der Waals surface area contributed by atoms with Gasteiger partial charge in [0.1, 0.15) is 16.7 Å². The lowest BCUT2D eigenvalue weighted by molar-refractivity contribution is 0.897. The van der Waals surface area contributed by atoms with Crippen LogP contribution in [0.15, 0.2) is 60.3 Å². The molecule has 0 amide bonds. The van der Waals surface area contributed by atoms with Gasteiger partial charge in [0.05, 0.1) is 6.20 Å². The van der Waals surface area contributed by atoms with Crippen LogP contribution in [0.5, 0.6) is 0 Å². The fourth-order valence-electron chi connectivity index (χ4n) is 2.21. The van der Waals surface area contributed by atoms with E-state index in [0.717, 1.165) is 5.56 Å². The van der Waals surface area contributed by atoms with Crippen LogP contribution in [0.1, 0.15) is 11.1 Å². The van der Waals surface area contributed by atoms with Gasteiger partial charge in [-0.05, 0) is 5.56 Å². The van der Waals surface area contributed by atoms with Gasteiger partial charge in [-0.15, -0.1) is 18.3 Å². The molecule has 0 radical (unpaired) electrons. The molecule has 0 saturated heterocycles. The monoisotopic (exact) mass is 321 g/mol. The summed E-state index contributed by atoms with van der Waals surface area (Å²) < 4.78 is 1.67. The maximum atomic E-state index is 9.58. The molecule has 2 aromatic heterocycles. The summed E-state index contributed by atoms with van der Waals surface area (Å²) in [6, 6.07) is 14.1.